The molecule has 3 heteroatoms. The third-order valence-electron chi connectivity index (χ3n) is 2.92. The van der Waals surface area contributed by atoms with Crippen molar-refractivity contribution < 1.29 is 4.74 Å². The predicted octanol–water partition coefficient (Wildman–Crippen LogP) is 0.596. The first-order valence-electron chi connectivity index (χ1n) is 5.21. The minimum atomic E-state index is 0.226. The van der Waals surface area contributed by atoms with Crippen LogP contribution < -0.4 is 11.1 Å². The second-order valence-electron chi connectivity index (χ2n) is 4.06. The number of nitrogens with two attached hydrogens (primary N) is 1. The largest absolute Gasteiger partial charge is 0.380 e. The molecule has 1 aliphatic carbocycles. The molecule has 0 radical (unpaired) electrons. The summed E-state index contributed by atoms with van der Waals surface area (Å²) in [6.45, 7) is 5.13. The van der Waals surface area contributed by atoms with E-state index < -0.39 is 0 Å². The summed E-state index contributed by atoms with van der Waals surface area (Å²) < 4.78 is 5.18. The Morgan fingerprint density at radius 3 is 2.77 bits per heavy atom. The Morgan fingerprint density at radius 1 is 1.62 bits per heavy atom. The minimum absolute atomic E-state index is 0.226. The number of hydrogen-bond donors (Lipinski definition) is 2. The molecule has 0 aromatic rings. The van der Waals surface area contributed by atoms with Crippen LogP contribution in [-0.2, 0) is 4.74 Å². The standard InChI is InChI=1S/C10H22N2O/c1-8-5-9(8)7-12-4-3-10(6-11)13-2/h8-10,12H,3-7,11H2,1-2H3. The average Bonchev–Trinajstić information content (AvgIpc) is 2.83. The topological polar surface area (TPSA) is 47.3 Å². The average molecular weight is 186 g/mol. The third kappa shape index (κ3) is 4.07. The molecular weight excluding hydrogens is 164 g/mol. The second kappa shape index (κ2) is 5.58. The lowest BCUT2D eigenvalue weighted by Gasteiger charge is -2.12. The normalized spacial score (nSPS) is 28.8. The van der Waals surface area contributed by atoms with E-state index in [2.05, 4.69) is 12.2 Å². The highest BCUT2D eigenvalue weighted by Crippen LogP contribution is 2.36. The van der Waals surface area contributed by atoms with Gasteiger partial charge < -0.3 is 15.8 Å². The maximum absolute atomic E-state index is 5.51. The van der Waals surface area contributed by atoms with E-state index in [-0.39, 0.29) is 6.10 Å². The van der Waals surface area contributed by atoms with Crippen LogP contribution in [0.2, 0.25) is 0 Å². The summed E-state index contributed by atoms with van der Waals surface area (Å²) >= 11 is 0. The van der Waals surface area contributed by atoms with Gasteiger partial charge in [-0.15, -0.1) is 0 Å². The predicted molar refractivity (Wildman–Crippen MR) is 54.6 cm³/mol. The van der Waals surface area contributed by atoms with Crippen LogP contribution in [0.5, 0.6) is 0 Å². The van der Waals surface area contributed by atoms with Gasteiger partial charge in [-0.2, -0.15) is 0 Å². The second-order valence-corrected chi connectivity index (χ2v) is 4.06. The van der Waals surface area contributed by atoms with Gasteiger partial charge in [0.1, 0.15) is 0 Å². The molecule has 3 N–H and O–H groups in total. The highest BCUT2D eigenvalue weighted by atomic mass is 16.5. The van der Waals surface area contributed by atoms with E-state index in [1.807, 2.05) is 0 Å². The summed E-state index contributed by atoms with van der Waals surface area (Å²) in [6.07, 6.45) is 2.65. The van der Waals surface area contributed by atoms with Crippen molar-refractivity contribution in [3.8, 4) is 0 Å². The van der Waals surface area contributed by atoms with E-state index in [0.29, 0.717) is 6.54 Å². The fourth-order valence-electron chi connectivity index (χ4n) is 1.57. The molecule has 0 aromatic carbocycles. The van der Waals surface area contributed by atoms with Gasteiger partial charge in [0.25, 0.3) is 0 Å². The van der Waals surface area contributed by atoms with Crippen molar-refractivity contribution in [3.05, 3.63) is 0 Å². The van der Waals surface area contributed by atoms with Gasteiger partial charge in [0.2, 0.25) is 0 Å². The van der Waals surface area contributed by atoms with Crippen LogP contribution in [0.1, 0.15) is 19.8 Å². The fraction of sp³-hybridized carbons (Fsp3) is 1.00. The molecule has 78 valence electrons. The highest BCUT2D eigenvalue weighted by molar-refractivity contribution is 4.83. The third-order valence-corrected chi connectivity index (χ3v) is 2.92. The van der Waals surface area contributed by atoms with E-state index in [0.717, 1.165) is 24.8 Å². The van der Waals surface area contributed by atoms with Crippen LogP contribution in [0.25, 0.3) is 0 Å². The van der Waals surface area contributed by atoms with Gasteiger partial charge in [0.05, 0.1) is 6.10 Å². The van der Waals surface area contributed by atoms with Gasteiger partial charge in [0.15, 0.2) is 0 Å². The van der Waals surface area contributed by atoms with E-state index in [9.17, 15) is 0 Å². The van der Waals surface area contributed by atoms with Crippen molar-refractivity contribution >= 4 is 0 Å². The lowest BCUT2D eigenvalue weighted by Crippen LogP contribution is -2.28. The van der Waals surface area contributed by atoms with Crippen LogP contribution in [-0.4, -0.2) is 32.8 Å². The van der Waals surface area contributed by atoms with Gasteiger partial charge in [-0.3, -0.25) is 0 Å². The van der Waals surface area contributed by atoms with Crippen LogP contribution in [0.15, 0.2) is 0 Å². The van der Waals surface area contributed by atoms with Gasteiger partial charge in [-0.1, -0.05) is 6.92 Å². The van der Waals surface area contributed by atoms with Gasteiger partial charge in [-0.05, 0) is 37.8 Å². The Morgan fingerprint density at radius 2 is 2.31 bits per heavy atom. The highest BCUT2D eigenvalue weighted by Gasteiger charge is 2.31. The zero-order valence-corrected chi connectivity index (χ0v) is 8.75. The Hall–Kier alpha value is -0.120. The number of methoxy groups -OCH3 is 1. The van der Waals surface area contributed by atoms with Crippen molar-refractivity contribution in [2.45, 2.75) is 25.9 Å². The Labute approximate surface area is 81.0 Å². The maximum Gasteiger partial charge on any atom is 0.0705 e. The molecule has 1 aliphatic rings. The maximum atomic E-state index is 5.51. The van der Waals surface area contributed by atoms with Crippen molar-refractivity contribution in [2.75, 3.05) is 26.7 Å². The number of rotatable bonds is 7. The van der Waals surface area contributed by atoms with Crippen molar-refractivity contribution in [2.24, 2.45) is 17.6 Å². The summed E-state index contributed by atoms with van der Waals surface area (Å²) in [5, 5.41) is 3.44. The fourth-order valence-corrected chi connectivity index (χ4v) is 1.57. The molecule has 1 saturated carbocycles. The molecule has 13 heavy (non-hydrogen) atoms. The molecule has 0 aromatic heterocycles. The number of hydrogen-bond acceptors (Lipinski definition) is 3. The lowest BCUT2D eigenvalue weighted by molar-refractivity contribution is 0.102. The lowest BCUT2D eigenvalue weighted by atomic mass is 10.2. The summed E-state index contributed by atoms with van der Waals surface area (Å²) in [5.41, 5.74) is 5.51. The Kier molecular flexibility index (Phi) is 4.70. The van der Waals surface area contributed by atoms with Crippen LogP contribution >= 0.6 is 0 Å². The zero-order chi connectivity index (χ0) is 9.68. The van der Waals surface area contributed by atoms with Gasteiger partial charge in [0, 0.05) is 13.7 Å². The van der Waals surface area contributed by atoms with E-state index in [1.165, 1.54) is 13.0 Å². The molecule has 1 fully saturated rings. The molecule has 3 nitrogen and oxygen atoms in total. The van der Waals surface area contributed by atoms with Crippen LogP contribution in [0, 0.1) is 11.8 Å². The first-order chi connectivity index (χ1) is 6.27. The van der Waals surface area contributed by atoms with E-state index in [4.69, 9.17) is 10.5 Å². The van der Waals surface area contributed by atoms with Crippen LogP contribution in [0.3, 0.4) is 0 Å². The first kappa shape index (κ1) is 11.0. The van der Waals surface area contributed by atoms with Crippen molar-refractivity contribution in [3.63, 3.8) is 0 Å². The first-order valence-corrected chi connectivity index (χ1v) is 5.21. The quantitative estimate of drug-likeness (QED) is 0.572. The summed E-state index contributed by atoms with van der Waals surface area (Å²) in [7, 11) is 1.72. The van der Waals surface area contributed by atoms with E-state index in [1.54, 1.807) is 7.11 Å². The smallest absolute Gasteiger partial charge is 0.0705 e. The molecular formula is C10H22N2O. The number of ether oxygens (including phenoxy) is 1. The SMILES string of the molecule is COC(CN)CCNCC1CC1C. The molecule has 3 unspecified atom stereocenters. The Balaban J connectivity index is 1.88. The molecule has 3 atom stereocenters. The zero-order valence-electron chi connectivity index (χ0n) is 8.75. The summed E-state index contributed by atoms with van der Waals surface area (Å²) in [4.78, 5) is 0. The number of nitrogens with one attached hydrogen (secondary N) is 1. The molecule has 0 aliphatic heterocycles. The molecule has 0 bridgehead atoms. The molecule has 0 spiro atoms. The molecule has 0 amide bonds. The van der Waals surface area contributed by atoms with Crippen LogP contribution in [0.4, 0.5) is 0 Å². The monoisotopic (exact) mass is 186 g/mol. The molecule has 0 heterocycles. The van der Waals surface area contributed by atoms with Gasteiger partial charge in [-0.25, -0.2) is 0 Å². The summed E-state index contributed by atoms with van der Waals surface area (Å²) in [6, 6.07) is 0. The minimum Gasteiger partial charge on any atom is -0.380 e. The van der Waals surface area contributed by atoms with Crippen molar-refractivity contribution in [1.29, 1.82) is 0 Å². The summed E-state index contributed by atoms with van der Waals surface area (Å²) in [5.74, 6) is 1.87. The van der Waals surface area contributed by atoms with Crippen molar-refractivity contribution in [1.82, 2.24) is 5.32 Å². The molecule has 0 saturated heterocycles. The van der Waals surface area contributed by atoms with E-state index >= 15 is 0 Å². The Bertz CT molecular complexity index is 137. The van der Waals surface area contributed by atoms with Gasteiger partial charge >= 0.3 is 0 Å². The molecule has 1 rings (SSSR count).